The van der Waals surface area contributed by atoms with Crippen LogP contribution in [0, 0.1) is 0 Å². The van der Waals surface area contributed by atoms with Gasteiger partial charge in [-0.05, 0) is 55.0 Å². The second kappa shape index (κ2) is 9.96. The molecule has 0 aliphatic carbocycles. The molecule has 4 rings (SSSR count). The first kappa shape index (κ1) is 23.3. The number of methoxy groups -OCH3 is 1. The Morgan fingerprint density at radius 2 is 1.89 bits per heavy atom. The lowest BCUT2D eigenvalue weighted by molar-refractivity contribution is -0.122. The number of carbonyl (C=O) groups is 4. The lowest BCUT2D eigenvalue weighted by Gasteiger charge is -2.26. The van der Waals surface area contributed by atoms with E-state index in [2.05, 4.69) is 5.32 Å². The van der Waals surface area contributed by atoms with Gasteiger partial charge in [0.2, 0.25) is 5.76 Å². The fourth-order valence-corrected chi connectivity index (χ4v) is 3.32. The summed E-state index contributed by atoms with van der Waals surface area (Å²) in [6, 6.07) is 13.0. The number of nitrogens with one attached hydrogen (secondary N) is 1. The number of furan rings is 1. The molecule has 35 heavy (non-hydrogen) atoms. The van der Waals surface area contributed by atoms with Crippen LogP contribution in [0.15, 0.2) is 70.9 Å². The first-order chi connectivity index (χ1) is 16.9. The van der Waals surface area contributed by atoms with Crippen molar-refractivity contribution in [2.24, 2.45) is 0 Å². The van der Waals surface area contributed by atoms with E-state index in [1.165, 1.54) is 49.8 Å². The van der Waals surface area contributed by atoms with E-state index in [0.29, 0.717) is 11.3 Å². The van der Waals surface area contributed by atoms with Gasteiger partial charge in [-0.2, -0.15) is 0 Å². The van der Waals surface area contributed by atoms with E-state index < -0.39 is 23.8 Å². The van der Waals surface area contributed by atoms with Crippen molar-refractivity contribution in [3.63, 3.8) is 0 Å². The van der Waals surface area contributed by atoms with Crippen LogP contribution < -0.4 is 24.4 Å². The van der Waals surface area contributed by atoms with Gasteiger partial charge in [-0.1, -0.05) is 12.1 Å². The average molecular weight is 476 g/mol. The molecule has 3 aromatic rings. The summed E-state index contributed by atoms with van der Waals surface area (Å²) in [5, 5.41) is 2.17. The Kier molecular flexibility index (Phi) is 6.63. The van der Waals surface area contributed by atoms with E-state index in [4.69, 9.17) is 18.6 Å². The number of barbiturate groups is 1. The number of rotatable bonds is 7. The second-order valence-electron chi connectivity index (χ2n) is 7.17. The molecule has 0 unspecified atom stereocenters. The van der Waals surface area contributed by atoms with Gasteiger partial charge in [0, 0.05) is 6.07 Å². The number of carbonyl (C=O) groups excluding carboxylic acids is 4. The third-order valence-electron chi connectivity index (χ3n) is 4.92. The molecule has 10 heteroatoms. The number of nitrogens with zero attached hydrogens (tertiary/aromatic N) is 1. The molecule has 0 radical (unpaired) electrons. The third kappa shape index (κ3) is 4.91. The quantitative estimate of drug-likeness (QED) is 0.238. The number of ether oxygens (including phenoxy) is 3. The minimum Gasteiger partial charge on any atom is -0.497 e. The zero-order valence-corrected chi connectivity index (χ0v) is 18.8. The third-order valence-corrected chi connectivity index (χ3v) is 4.92. The lowest BCUT2D eigenvalue weighted by Crippen LogP contribution is -2.54. The number of urea groups is 1. The highest BCUT2D eigenvalue weighted by molar-refractivity contribution is 6.39. The van der Waals surface area contributed by atoms with Crippen LogP contribution in [0.3, 0.4) is 0 Å². The van der Waals surface area contributed by atoms with Crippen molar-refractivity contribution in [1.82, 2.24) is 5.32 Å². The Morgan fingerprint density at radius 1 is 1.06 bits per heavy atom. The van der Waals surface area contributed by atoms with E-state index in [1.54, 1.807) is 31.2 Å². The summed E-state index contributed by atoms with van der Waals surface area (Å²) in [5.74, 6) is -1.56. The van der Waals surface area contributed by atoms with Crippen LogP contribution in [0.1, 0.15) is 23.0 Å². The Labute approximate surface area is 199 Å². The molecule has 0 spiro atoms. The smallest absolute Gasteiger partial charge is 0.379 e. The van der Waals surface area contributed by atoms with Gasteiger partial charge >= 0.3 is 12.0 Å². The second-order valence-corrected chi connectivity index (χ2v) is 7.17. The Hall–Kier alpha value is -4.86. The van der Waals surface area contributed by atoms with Crippen LogP contribution in [0.4, 0.5) is 10.5 Å². The molecule has 1 fully saturated rings. The number of benzene rings is 2. The van der Waals surface area contributed by atoms with Gasteiger partial charge in [0.1, 0.15) is 11.3 Å². The van der Waals surface area contributed by atoms with Crippen LogP contribution in [0.5, 0.6) is 17.2 Å². The van der Waals surface area contributed by atoms with Gasteiger partial charge in [-0.25, -0.2) is 14.5 Å². The van der Waals surface area contributed by atoms with Gasteiger partial charge < -0.3 is 18.6 Å². The minimum absolute atomic E-state index is 0.0189. The molecule has 2 heterocycles. The van der Waals surface area contributed by atoms with E-state index in [0.717, 1.165) is 4.90 Å². The van der Waals surface area contributed by atoms with Gasteiger partial charge in [0.15, 0.2) is 11.5 Å². The van der Waals surface area contributed by atoms with Crippen molar-refractivity contribution >= 4 is 35.6 Å². The number of hydrogen-bond acceptors (Lipinski definition) is 8. The maximum Gasteiger partial charge on any atom is 0.379 e. The van der Waals surface area contributed by atoms with Crippen molar-refractivity contribution in [2.75, 3.05) is 18.6 Å². The minimum atomic E-state index is -0.874. The number of amides is 4. The summed E-state index contributed by atoms with van der Waals surface area (Å²) in [6.07, 6.45) is 2.67. The largest absolute Gasteiger partial charge is 0.497 e. The molecule has 1 aromatic heterocycles. The SMILES string of the molecule is CCOc1cc(/C=C2\C(=O)NC(=O)N(c3cccc(OC)c3)C2=O)ccc1OC(=O)c1ccco1. The zero-order chi connectivity index (χ0) is 24.9. The highest BCUT2D eigenvalue weighted by atomic mass is 16.6. The van der Waals surface area contributed by atoms with Crippen molar-refractivity contribution < 1.29 is 37.8 Å². The van der Waals surface area contributed by atoms with Crippen molar-refractivity contribution in [3.8, 4) is 17.2 Å². The number of hydrogen-bond donors (Lipinski definition) is 1. The standard InChI is InChI=1S/C25H20N2O8/c1-3-33-21-13-15(9-10-19(21)35-24(30)20-8-5-11-34-20)12-18-22(28)26-25(31)27(23(18)29)16-6-4-7-17(14-16)32-2/h4-14H,3H2,1-2H3,(H,26,28,31)/b18-12+. The van der Waals surface area contributed by atoms with E-state index in [9.17, 15) is 19.2 Å². The first-order valence-corrected chi connectivity index (χ1v) is 10.5. The van der Waals surface area contributed by atoms with Crippen molar-refractivity contribution in [1.29, 1.82) is 0 Å². The molecule has 178 valence electrons. The van der Waals surface area contributed by atoms with Crippen LogP contribution in [-0.4, -0.2) is 37.5 Å². The molecule has 10 nitrogen and oxygen atoms in total. The molecule has 1 aliphatic rings. The highest BCUT2D eigenvalue weighted by Gasteiger charge is 2.37. The Balaban J connectivity index is 1.65. The molecule has 2 aromatic carbocycles. The zero-order valence-electron chi connectivity index (χ0n) is 18.8. The normalized spacial score (nSPS) is 14.6. The van der Waals surface area contributed by atoms with E-state index in [1.807, 2.05) is 0 Å². The van der Waals surface area contributed by atoms with Crippen LogP contribution in [0.25, 0.3) is 6.08 Å². The monoisotopic (exact) mass is 476 g/mol. The first-order valence-electron chi connectivity index (χ1n) is 10.5. The molecular formula is C25H20N2O8. The predicted octanol–water partition coefficient (Wildman–Crippen LogP) is 3.57. The summed E-state index contributed by atoms with van der Waals surface area (Å²) in [5.41, 5.74) is 0.375. The Morgan fingerprint density at radius 3 is 2.60 bits per heavy atom. The van der Waals surface area contributed by atoms with Crippen LogP contribution >= 0.6 is 0 Å². The summed E-state index contributed by atoms with van der Waals surface area (Å²) < 4.78 is 21.1. The van der Waals surface area contributed by atoms with Crippen molar-refractivity contribution in [3.05, 3.63) is 77.8 Å². The molecular weight excluding hydrogens is 456 g/mol. The predicted molar refractivity (Wildman–Crippen MR) is 123 cm³/mol. The van der Waals surface area contributed by atoms with Gasteiger partial charge in [-0.15, -0.1) is 0 Å². The topological polar surface area (TPSA) is 124 Å². The summed E-state index contributed by atoms with van der Waals surface area (Å²) in [6.45, 7) is 2.02. The maximum atomic E-state index is 13.1. The molecule has 0 saturated carbocycles. The number of esters is 1. The molecule has 0 atom stereocenters. The van der Waals surface area contributed by atoms with E-state index in [-0.39, 0.29) is 35.1 Å². The fraction of sp³-hybridized carbons (Fsp3) is 0.120. The molecule has 0 bridgehead atoms. The number of anilines is 1. The highest BCUT2D eigenvalue weighted by Crippen LogP contribution is 2.31. The van der Waals surface area contributed by atoms with Crippen molar-refractivity contribution in [2.45, 2.75) is 6.92 Å². The number of imide groups is 2. The van der Waals surface area contributed by atoms with Gasteiger partial charge in [0.05, 0.1) is 25.7 Å². The molecule has 1 aliphatic heterocycles. The summed E-state index contributed by atoms with van der Waals surface area (Å²) in [7, 11) is 1.46. The lowest BCUT2D eigenvalue weighted by atomic mass is 10.1. The molecule has 4 amide bonds. The van der Waals surface area contributed by atoms with Crippen LogP contribution in [0.2, 0.25) is 0 Å². The van der Waals surface area contributed by atoms with E-state index >= 15 is 0 Å². The summed E-state index contributed by atoms with van der Waals surface area (Å²) in [4.78, 5) is 51.1. The fourth-order valence-electron chi connectivity index (χ4n) is 3.32. The van der Waals surface area contributed by atoms with Gasteiger partial charge in [0.25, 0.3) is 11.8 Å². The summed E-state index contributed by atoms with van der Waals surface area (Å²) >= 11 is 0. The maximum absolute atomic E-state index is 13.1. The average Bonchev–Trinajstić information content (AvgIpc) is 3.39. The molecule has 1 N–H and O–H groups in total. The molecule has 1 saturated heterocycles. The van der Waals surface area contributed by atoms with Gasteiger partial charge in [-0.3, -0.25) is 14.9 Å². The Bertz CT molecular complexity index is 1330. The van der Waals surface area contributed by atoms with Crippen LogP contribution in [-0.2, 0) is 9.59 Å².